The van der Waals surface area contributed by atoms with E-state index in [9.17, 15) is 18.3 Å². The third kappa shape index (κ3) is 3.65. The topological polar surface area (TPSA) is 92.5 Å². The summed E-state index contributed by atoms with van der Waals surface area (Å²) in [7, 11) is -3.63. The highest BCUT2D eigenvalue weighted by atomic mass is 127. The fourth-order valence-corrected chi connectivity index (χ4v) is 8.35. The third-order valence-electron chi connectivity index (χ3n) is 5.51. The predicted octanol–water partition coefficient (Wildman–Crippen LogP) is 3.93. The Hall–Kier alpha value is -2.02. The van der Waals surface area contributed by atoms with Gasteiger partial charge >= 0.3 is 5.97 Å². The SMILES string of the molecule is O=C(O)Cc1nn([C@H]2CN(S(=O)(=O)c3cc4ccccc4s3)C[C@H]2I)c2ccccc12. The summed E-state index contributed by atoms with van der Waals surface area (Å²) in [6.07, 6.45) is -0.171. The van der Waals surface area contributed by atoms with E-state index in [4.69, 9.17) is 0 Å². The molecule has 4 aromatic rings. The molecule has 2 atom stereocenters. The lowest BCUT2D eigenvalue weighted by Gasteiger charge is -2.16. The Morgan fingerprint density at radius 2 is 1.90 bits per heavy atom. The minimum absolute atomic E-state index is 0.00253. The molecule has 1 aliphatic rings. The highest BCUT2D eigenvalue weighted by Gasteiger charge is 2.41. The second kappa shape index (κ2) is 7.84. The van der Waals surface area contributed by atoms with Gasteiger partial charge < -0.3 is 5.11 Å². The van der Waals surface area contributed by atoms with Crippen molar-refractivity contribution >= 4 is 70.9 Å². The number of hydrogen-bond donors (Lipinski definition) is 1. The smallest absolute Gasteiger partial charge is 0.309 e. The number of aromatic nitrogens is 2. The summed E-state index contributed by atoms with van der Waals surface area (Å²) >= 11 is 3.56. The maximum absolute atomic E-state index is 13.4. The standard InChI is InChI=1S/C21H18IN3O4S2/c22-15-11-24(31(28,29)21-9-13-5-1-4-8-19(13)30-21)12-18(15)25-17-7-3-2-6-14(17)16(23-25)10-20(26)27/h1-9,15,18H,10-12H2,(H,26,27)/t15-,18+/m1/s1. The maximum atomic E-state index is 13.4. The number of benzene rings is 2. The molecule has 0 aliphatic carbocycles. The van der Waals surface area contributed by atoms with Gasteiger partial charge in [0.25, 0.3) is 10.0 Å². The quantitative estimate of drug-likeness (QED) is 0.292. The van der Waals surface area contributed by atoms with Crippen LogP contribution in [-0.4, -0.2) is 50.6 Å². The van der Waals surface area contributed by atoms with Crippen LogP contribution in [0, 0.1) is 0 Å². The molecule has 1 N–H and O–H groups in total. The zero-order valence-corrected chi connectivity index (χ0v) is 20.0. The summed E-state index contributed by atoms with van der Waals surface area (Å²) in [6.45, 7) is 0.673. The molecule has 1 saturated heterocycles. The number of carboxylic acids is 1. The molecule has 0 amide bonds. The third-order valence-corrected chi connectivity index (χ3v) is 10.1. The first kappa shape index (κ1) is 20.9. The van der Waals surface area contributed by atoms with Gasteiger partial charge in [-0.15, -0.1) is 11.3 Å². The summed E-state index contributed by atoms with van der Waals surface area (Å²) in [4.78, 5) is 11.3. The van der Waals surface area contributed by atoms with Crippen LogP contribution in [0.3, 0.4) is 0 Å². The van der Waals surface area contributed by atoms with Crippen LogP contribution in [0.1, 0.15) is 11.7 Å². The molecule has 0 radical (unpaired) electrons. The second-order valence-electron chi connectivity index (χ2n) is 7.49. The van der Waals surface area contributed by atoms with E-state index >= 15 is 0 Å². The lowest BCUT2D eigenvalue weighted by Crippen LogP contribution is -2.29. The van der Waals surface area contributed by atoms with Crippen LogP contribution in [0.4, 0.5) is 0 Å². The van der Waals surface area contributed by atoms with Crippen molar-refractivity contribution < 1.29 is 18.3 Å². The molecule has 1 fully saturated rings. The number of hydrogen-bond acceptors (Lipinski definition) is 5. The van der Waals surface area contributed by atoms with Gasteiger partial charge in [-0.1, -0.05) is 59.0 Å². The maximum Gasteiger partial charge on any atom is 0.309 e. The molecule has 0 bridgehead atoms. The van der Waals surface area contributed by atoms with Gasteiger partial charge in [0.2, 0.25) is 0 Å². The second-order valence-corrected chi connectivity index (χ2v) is 12.3. The van der Waals surface area contributed by atoms with E-state index in [2.05, 4.69) is 27.7 Å². The van der Waals surface area contributed by atoms with E-state index in [-0.39, 0.29) is 16.4 Å². The summed E-state index contributed by atoms with van der Waals surface area (Å²) < 4.78 is 31.4. The van der Waals surface area contributed by atoms with Gasteiger partial charge in [-0.25, -0.2) is 8.42 Å². The van der Waals surface area contributed by atoms with Crippen molar-refractivity contribution in [2.45, 2.75) is 20.6 Å². The average molecular weight is 567 g/mol. The number of sulfonamides is 1. The highest BCUT2D eigenvalue weighted by Crippen LogP contribution is 2.37. The van der Waals surface area contributed by atoms with Gasteiger partial charge in [0, 0.05) is 27.1 Å². The lowest BCUT2D eigenvalue weighted by atomic mass is 10.1. The van der Waals surface area contributed by atoms with Crippen molar-refractivity contribution in [1.29, 1.82) is 0 Å². The number of rotatable bonds is 5. The van der Waals surface area contributed by atoms with Crippen molar-refractivity contribution in [3.8, 4) is 0 Å². The van der Waals surface area contributed by atoms with E-state index in [1.54, 1.807) is 6.07 Å². The molecule has 5 rings (SSSR count). The van der Waals surface area contributed by atoms with E-state index < -0.39 is 16.0 Å². The Morgan fingerprint density at radius 3 is 2.68 bits per heavy atom. The number of nitrogens with zero attached hydrogens (tertiary/aromatic N) is 3. The molecule has 3 heterocycles. The molecule has 0 unspecified atom stereocenters. The number of halogens is 1. The average Bonchev–Trinajstić information content (AvgIpc) is 3.43. The minimum Gasteiger partial charge on any atom is -0.481 e. The largest absolute Gasteiger partial charge is 0.481 e. The first-order valence-corrected chi connectivity index (χ1v) is 13.2. The number of thiophene rings is 1. The van der Waals surface area contributed by atoms with Crippen LogP contribution < -0.4 is 0 Å². The van der Waals surface area contributed by atoms with Crippen LogP contribution in [0.25, 0.3) is 21.0 Å². The van der Waals surface area contributed by atoms with Crippen LogP contribution in [-0.2, 0) is 21.2 Å². The summed E-state index contributed by atoms with van der Waals surface area (Å²) in [5, 5.41) is 15.6. The number of carboxylic acid groups (broad SMARTS) is 1. The number of aliphatic carboxylic acids is 1. The number of alkyl halides is 1. The monoisotopic (exact) mass is 567 g/mol. The van der Waals surface area contributed by atoms with Crippen molar-refractivity contribution in [3.63, 3.8) is 0 Å². The normalized spacial score (nSPS) is 20.0. The molecule has 7 nitrogen and oxygen atoms in total. The fraction of sp³-hybridized carbons (Fsp3) is 0.238. The Morgan fingerprint density at radius 1 is 1.16 bits per heavy atom. The van der Waals surface area contributed by atoms with Crippen molar-refractivity contribution in [3.05, 3.63) is 60.3 Å². The van der Waals surface area contributed by atoms with E-state index in [1.165, 1.54) is 15.6 Å². The highest BCUT2D eigenvalue weighted by molar-refractivity contribution is 14.1. The molecule has 31 heavy (non-hydrogen) atoms. The molecule has 160 valence electrons. The Kier molecular flexibility index (Phi) is 5.27. The van der Waals surface area contributed by atoms with E-state index in [1.807, 2.05) is 53.2 Å². The summed E-state index contributed by atoms with van der Waals surface area (Å²) in [5.74, 6) is -0.943. The van der Waals surface area contributed by atoms with Gasteiger partial charge in [0.15, 0.2) is 0 Å². The Balaban J connectivity index is 1.50. The first-order valence-electron chi connectivity index (χ1n) is 9.65. The number of para-hydroxylation sites is 1. The molecule has 10 heteroatoms. The Bertz CT molecular complexity index is 1380. The molecule has 2 aromatic carbocycles. The predicted molar refractivity (Wildman–Crippen MR) is 129 cm³/mol. The fourth-order valence-electron chi connectivity index (χ4n) is 4.03. The van der Waals surface area contributed by atoms with Crippen molar-refractivity contribution in [2.75, 3.05) is 13.1 Å². The zero-order valence-electron chi connectivity index (χ0n) is 16.2. The van der Waals surface area contributed by atoms with Crippen LogP contribution in [0.2, 0.25) is 0 Å². The van der Waals surface area contributed by atoms with Crippen LogP contribution >= 0.6 is 33.9 Å². The van der Waals surface area contributed by atoms with E-state index in [0.29, 0.717) is 23.0 Å². The Labute approximate surface area is 196 Å². The van der Waals surface area contributed by atoms with Gasteiger partial charge in [-0.3, -0.25) is 9.48 Å². The summed E-state index contributed by atoms with van der Waals surface area (Å²) in [6, 6.07) is 16.7. The van der Waals surface area contributed by atoms with E-state index in [0.717, 1.165) is 21.0 Å². The van der Waals surface area contributed by atoms with Gasteiger partial charge in [-0.2, -0.15) is 9.40 Å². The summed E-state index contributed by atoms with van der Waals surface area (Å²) in [5.41, 5.74) is 1.32. The molecule has 0 spiro atoms. The van der Waals surface area contributed by atoms with Gasteiger partial charge in [0.1, 0.15) is 4.21 Å². The molecular weight excluding hydrogens is 549 g/mol. The molecule has 0 saturated carbocycles. The van der Waals surface area contributed by atoms with Crippen molar-refractivity contribution in [1.82, 2.24) is 14.1 Å². The van der Waals surface area contributed by atoms with Gasteiger partial charge in [-0.05, 0) is 23.6 Å². The number of carbonyl (C=O) groups is 1. The lowest BCUT2D eigenvalue weighted by molar-refractivity contribution is -0.136. The van der Waals surface area contributed by atoms with Gasteiger partial charge in [0.05, 0.1) is 23.7 Å². The minimum atomic E-state index is -3.63. The first-order chi connectivity index (χ1) is 14.8. The van der Waals surface area contributed by atoms with Crippen molar-refractivity contribution in [2.24, 2.45) is 0 Å². The zero-order chi connectivity index (χ0) is 21.8. The number of fused-ring (bicyclic) bond motifs is 2. The molecular formula is C21H18IN3O4S2. The van der Waals surface area contributed by atoms with Crippen LogP contribution in [0.5, 0.6) is 0 Å². The molecule has 2 aromatic heterocycles. The van der Waals surface area contributed by atoms with Crippen LogP contribution in [0.15, 0.2) is 58.8 Å². The molecule has 1 aliphatic heterocycles.